The van der Waals surface area contributed by atoms with Crippen LogP contribution in [0.4, 0.5) is 0 Å². The van der Waals surface area contributed by atoms with Crippen LogP contribution in [-0.2, 0) is 21.3 Å². The van der Waals surface area contributed by atoms with Gasteiger partial charge in [0.15, 0.2) is 0 Å². The molecule has 0 N–H and O–H groups in total. The average molecular weight is 397 g/mol. The number of hydrogen-bond donors (Lipinski definition) is 0. The normalized spacial score (nSPS) is 13.0. The van der Waals surface area contributed by atoms with Crippen LogP contribution >= 0.6 is 22.7 Å². The molecule has 0 spiro atoms. The number of thiazole rings is 1. The third kappa shape index (κ3) is 3.87. The van der Waals surface area contributed by atoms with Crippen molar-refractivity contribution in [3.05, 3.63) is 45.6 Å². The fourth-order valence-corrected chi connectivity index (χ4v) is 5.93. The maximum absolute atomic E-state index is 12.6. The highest BCUT2D eigenvalue weighted by Crippen LogP contribution is 2.24. The number of hydrogen-bond acceptors (Lipinski definition) is 5. The van der Waals surface area contributed by atoms with E-state index in [1.54, 1.807) is 17.5 Å². The van der Waals surface area contributed by atoms with Crippen LogP contribution in [0.1, 0.15) is 18.1 Å². The van der Waals surface area contributed by atoms with E-state index in [2.05, 4.69) is 16.5 Å². The third-order valence-corrected chi connectivity index (χ3v) is 7.71. The lowest BCUT2D eigenvalue weighted by Crippen LogP contribution is -2.19. The zero-order valence-electron chi connectivity index (χ0n) is 14.4. The second kappa shape index (κ2) is 7.41. The number of aromatic nitrogens is 1. The molecule has 0 bridgehead atoms. The fraction of sp³-hybridized carbons (Fsp3) is 0.353. The number of thiophene rings is 1. The number of sulfonamides is 1. The van der Waals surface area contributed by atoms with Crippen LogP contribution in [0.3, 0.4) is 0 Å². The second-order valence-corrected chi connectivity index (χ2v) is 9.42. The van der Waals surface area contributed by atoms with Crippen LogP contribution < -0.4 is 4.80 Å². The summed E-state index contributed by atoms with van der Waals surface area (Å²) in [7, 11) is -3.70. The van der Waals surface area contributed by atoms with Gasteiger partial charge in [0.25, 0.3) is 10.0 Å². The number of ether oxygens (including phenoxy) is 1. The Labute approximate surface area is 155 Å². The fourth-order valence-electron chi connectivity index (χ4n) is 2.66. The molecule has 3 aromatic rings. The maximum Gasteiger partial charge on any atom is 0.294 e. The van der Waals surface area contributed by atoms with Crippen molar-refractivity contribution in [1.82, 2.24) is 4.57 Å². The smallest absolute Gasteiger partial charge is 0.294 e. The van der Waals surface area contributed by atoms with Gasteiger partial charge < -0.3 is 9.30 Å². The van der Waals surface area contributed by atoms with E-state index < -0.39 is 10.0 Å². The van der Waals surface area contributed by atoms with Crippen LogP contribution in [0.15, 0.2) is 38.3 Å². The molecule has 8 heteroatoms. The minimum absolute atomic E-state index is 0.259. The molecular weight excluding hydrogens is 376 g/mol. The van der Waals surface area contributed by atoms with Crippen molar-refractivity contribution in [3.63, 3.8) is 0 Å². The number of benzene rings is 1. The van der Waals surface area contributed by atoms with E-state index in [-0.39, 0.29) is 4.21 Å². The lowest BCUT2D eigenvalue weighted by Gasteiger charge is -2.07. The standard InChI is InChI=1S/C17H20N2O3S3/c1-4-22-8-7-19-14-11-12(2)10-13(3)16(14)24-17(19)18-25(20,21)15-6-5-9-23-15/h5-6,9-11H,4,7-8H2,1-3H3/b18-17-. The average Bonchev–Trinajstić information content (AvgIpc) is 3.17. The number of fused-ring (bicyclic) bond motifs is 1. The predicted octanol–water partition coefficient (Wildman–Crippen LogP) is 3.71. The van der Waals surface area contributed by atoms with Crippen LogP contribution in [0.25, 0.3) is 10.2 Å². The summed E-state index contributed by atoms with van der Waals surface area (Å²) in [6.07, 6.45) is 0. The molecule has 0 aliphatic carbocycles. The molecule has 134 valence electrons. The van der Waals surface area contributed by atoms with E-state index in [4.69, 9.17) is 4.74 Å². The highest BCUT2D eigenvalue weighted by Gasteiger charge is 2.16. The first kappa shape index (κ1) is 18.3. The van der Waals surface area contributed by atoms with Gasteiger partial charge >= 0.3 is 0 Å². The predicted molar refractivity (Wildman–Crippen MR) is 103 cm³/mol. The molecule has 0 unspecified atom stereocenters. The zero-order chi connectivity index (χ0) is 18.0. The van der Waals surface area contributed by atoms with Crippen LogP contribution in [0.5, 0.6) is 0 Å². The van der Waals surface area contributed by atoms with E-state index >= 15 is 0 Å². The minimum atomic E-state index is -3.70. The number of rotatable bonds is 6. The Hall–Kier alpha value is -1.48. The topological polar surface area (TPSA) is 60.7 Å². The molecule has 0 saturated carbocycles. The minimum Gasteiger partial charge on any atom is -0.380 e. The largest absolute Gasteiger partial charge is 0.380 e. The molecule has 0 saturated heterocycles. The van der Waals surface area contributed by atoms with E-state index in [1.807, 2.05) is 25.3 Å². The molecule has 2 aromatic heterocycles. The highest BCUT2D eigenvalue weighted by atomic mass is 32.2. The van der Waals surface area contributed by atoms with Crippen molar-refractivity contribution in [3.8, 4) is 0 Å². The molecule has 0 aliphatic heterocycles. The van der Waals surface area contributed by atoms with Gasteiger partial charge in [-0.05, 0) is 49.4 Å². The van der Waals surface area contributed by atoms with E-state index in [1.165, 1.54) is 22.7 Å². The van der Waals surface area contributed by atoms with Gasteiger partial charge in [0.05, 0.1) is 16.8 Å². The lowest BCUT2D eigenvalue weighted by atomic mass is 10.1. The van der Waals surface area contributed by atoms with E-state index in [0.29, 0.717) is 24.6 Å². The van der Waals surface area contributed by atoms with Crippen LogP contribution in [0, 0.1) is 13.8 Å². The monoisotopic (exact) mass is 396 g/mol. The Balaban J connectivity index is 2.21. The van der Waals surface area contributed by atoms with Gasteiger partial charge in [-0.1, -0.05) is 23.5 Å². The first-order valence-corrected chi connectivity index (χ1v) is 11.1. The van der Waals surface area contributed by atoms with Gasteiger partial charge in [-0.25, -0.2) is 0 Å². The molecule has 0 atom stereocenters. The molecule has 1 aromatic carbocycles. The van der Waals surface area contributed by atoms with Gasteiger partial charge in [0.2, 0.25) is 4.80 Å². The zero-order valence-corrected chi connectivity index (χ0v) is 16.8. The summed E-state index contributed by atoms with van der Waals surface area (Å²) in [6, 6.07) is 7.47. The summed E-state index contributed by atoms with van der Waals surface area (Å²) in [5, 5.41) is 1.74. The van der Waals surface area contributed by atoms with Gasteiger partial charge in [-0.2, -0.15) is 8.42 Å². The van der Waals surface area contributed by atoms with Crippen molar-refractivity contribution >= 4 is 42.9 Å². The second-order valence-electron chi connectivity index (χ2n) is 5.66. The number of nitrogens with zero attached hydrogens (tertiary/aromatic N) is 2. The Morgan fingerprint density at radius 2 is 2.08 bits per heavy atom. The molecule has 0 amide bonds. The maximum atomic E-state index is 12.6. The molecule has 5 nitrogen and oxygen atoms in total. The van der Waals surface area contributed by atoms with E-state index in [0.717, 1.165) is 21.3 Å². The summed E-state index contributed by atoms with van der Waals surface area (Å²) in [5.74, 6) is 0. The third-order valence-electron chi connectivity index (χ3n) is 3.73. The first-order valence-electron chi connectivity index (χ1n) is 7.95. The Kier molecular flexibility index (Phi) is 5.43. The van der Waals surface area contributed by atoms with Crippen molar-refractivity contribution in [2.75, 3.05) is 13.2 Å². The van der Waals surface area contributed by atoms with Crippen molar-refractivity contribution in [1.29, 1.82) is 0 Å². The summed E-state index contributed by atoms with van der Waals surface area (Å²) in [4.78, 5) is 0.483. The Bertz CT molecular complexity index is 1040. The molecule has 25 heavy (non-hydrogen) atoms. The molecular formula is C17H20N2O3S3. The molecule has 0 radical (unpaired) electrons. The highest BCUT2D eigenvalue weighted by molar-refractivity contribution is 7.92. The summed E-state index contributed by atoms with van der Waals surface area (Å²) in [5.41, 5.74) is 3.27. The molecule has 0 fully saturated rings. The number of aryl methyl sites for hydroxylation is 2. The molecule has 2 heterocycles. The lowest BCUT2D eigenvalue weighted by molar-refractivity contribution is 0.139. The molecule has 0 aliphatic rings. The van der Waals surface area contributed by atoms with Gasteiger partial charge in [-0.15, -0.1) is 15.7 Å². The Morgan fingerprint density at radius 1 is 1.28 bits per heavy atom. The van der Waals surface area contributed by atoms with Crippen molar-refractivity contribution in [2.45, 2.75) is 31.5 Å². The summed E-state index contributed by atoms with van der Waals surface area (Å²) >= 11 is 2.59. The van der Waals surface area contributed by atoms with Gasteiger partial charge in [0.1, 0.15) is 4.21 Å². The summed E-state index contributed by atoms with van der Waals surface area (Å²) in [6.45, 7) is 7.72. The van der Waals surface area contributed by atoms with Crippen molar-refractivity contribution in [2.24, 2.45) is 4.40 Å². The summed E-state index contributed by atoms with van der Waals surface area (Å²) < 4.78 is 38.0. The molecule has 3 rings (SSSR count). The van der Waals surface area contributed by atoms with Gasteiger partial charge in [-0.3, -0.25) is 0 Å². The van der Waals surface area contributed by atoms with Crippen LogP contribution in [0.2, 0.25) is 0 Å². The first-order chi connectivity index (χ1) is 11.9. The van der Waals surface area contributed by atoms with Crippen molar-refractivity contribution < 1.29 is 13.2 Å². The van der Waals surface area contributed by atoms with Gasteiger partial charge in [0, 0.05) is 13.2 Å². The Morgan fingerprint density at radius 3 is 2.76 bits per heavy atom. The van der Waals surface area contributed by atoms with Crippen LogP contribution in [-0.4, -0.2) is 26.2 Å². The quantitative estimate of drug-likeness (QED) is 0.597. The van der Waals surface area contributed by atoms with E-state index in [9.17, 15) is 8.42 Å². The SMILES string of the molecule is CCOCCn1/c(=N/S(=O)(=O)c2cccs2)sc2c(C)cc(C)cc21.